The molecule has 1 aliphatic rings. The van der Waals surface area contributed by atoms with Crippen molar-refractivity contribution in [1.29, 1.82) is 0 Å². The van der Waals surface area contributed by atoms with E-state index in [0.29, 0.717) is 13.2 Å². The smallest absolute Gasteiger partial charge is 0.255 e. The predicted molar refractivity (Wildman–Crippen MR) is 108 cm³/mol. The van der Waals surface area contributed by atoms with Gasteiger partial charge in [0, 0.05) is 18.7 Å². The quantitative estimate of drug-likeness (QED) is 0.736. The Balaban J connectivity index is 1.80. The highest BCUT2D eigenvalue weighted by molar-refractivity contribution is 7.91. The van der Waals surface area contributed by atoms with Crippen molar-refractivity contribution in [1.82, 2.24) is 4.31 Å². The van der Waals surface area contributed by atoms with Crippen LogP contribution in [0.4, 0.5) is 5.69 Å². The van der Waals surface area contributed by atoms with Crippen LogP contribution in [0.15, 0.2) is 58.3 Å². The molecule has 0 unspecified atom stereocenters. The summed E-state index contributed by atoms with van der Waals surface area (Å²) >= 11 is 0. The third-order valence-corrected chi connectivity index (χ3v) is 8.27. The predicted octanol–water partition coefficient (Wildman–Crippen LogP) is 1.75. The lowest BCUT2D eigenvalue weighted by molar-refractivity contribution is 0.0730. The molecule has 1 saturated heterocycles. The molecule has 0 spiro atoms. The van der Waals surface area contributed by atoms with Gasteiger partial charge in [-0.3, -0.25) is 4.79 Å². The summed E-state index contributed by atoms with van der Waals surface area (Å²) in [4.78, 5) is 12.7. The van der Waals surface area contributed by atoms with E-state index in [0.717, 1.165) is 0 Å². The molecule has 1 heterocycles. The van der Waals surface area contributed by atoms with Crippen LogP contribution in [0.2, 0.25) is 0 Å². The Hall–Kier alpha value is -2.27. The molecule has 2 aromatic carbocycles. The number of hydrogen-bond donors (Lipinski definition) is 1. The lowest BCUT2D eigenvalue weighted by Gasteiger charge is -2.26. The molecule has 0 radical (unpaired) electrons. The Morgan fingerprint density at radius 2 is 1.62 bits per heavy atom. The fraction of sp³-hybridized carbons (Fsp3) is 0.316. The van der Waals surface area contributed by atoms with Gasteiger partial charge in [0.25, 0.3) is 5.91 Å². The van der Waals surface area contributed by atoms with E-state index in [1.807, 2.05) is 0 Å². The molecule has 29 heavy (non-hydrogen) atoms. The zero-order chi connectivity index (χ0) is 21.1. The second kappa shape index (κ2) is 8.62. The summed E-state index contributed by atoms with van der Waals surface area (Å²) in [6.45, 7) is 2.79. The Bertz CT molecular complexity index is 1090. The molecule has 3 rings (SSSR count). The highest BCUT2D eigenvalue weighted by Gasteiger charge is 2.26. The molecule has 1 aliphatic heterocycles. The Morgan fingerprint density at radius 1 is 1.00 bits per heavy atom. The standard InChI is InChI=1S/C19H22N2O6S2/c1-2-28(23,24)18-6-4-3-5-17(18)20-19(22)15-7-9-16(10-8-15)29(25,26)21-11-13-27-14-12-21/h3-10H,2,11-14H2,1H3,(H,20,22). The van der Waals surface area contributed by atoms with Gasteiger partial charge in [0.05, 0.1) is 34.4 Å². The molecule has 0 bridgehead atoms. The Morgan fingerprint density at radius 3 is 2.24 bits per heavy atom. The normalized spacial score (nSPS) is 15.8. The summed E-state index contributed by atoms with van der Waals surface area (Å²) in [5, 5.41) is 2.59. The molecular weight excluding hydrogens is 416 g/mol. The first-order valence-electron chi connectivity index (χ1n) is 9.07. The van der Waals surface area contributed by atoms with E-state index in [-0.39, 0.29) is 39.9 Å². The number of ether oxygens (including phenoxy) is 1. The number of para-hydroxylation sites is 1. The van der Waals surface area contributed by atoms with E-state index in [1.165, 1.54) is 47.6 Å². The zero-order valence-electron chi connectivity index (χ0n) is 15.9. The first-order chi connectivity index (χ1) is 13.8. The highest BCUT2D eigenvalue weighted by atomic mass is 32.2. The molecule has 0 saturated carbocycles. The van der Waals surface area contributed by atoms with Crippen molar-refractivity contribution in [3.05, 3.63) is 54.1 Å². The third-order valence-electron chi connectivity index (χ3n) is 4.57. The zero-order valence-corrected chi connectivity index (χ0v) is 17.5. The van der Waals surface area contributed by atoms with E-state index in [1.54, 1.807) is 12.1 Å². The summed E-state index contributed by atoms with van der Waals surface area (Å²) in [6.07, 6.45) is 0. The van der Waals surface area contributed by atoms with Crippen LogP contribution in [-0.2, 0) is 24.6 Å². The summed E-state index contributed by atoms with van der Waals surface area (Å²) in [5.41, 5.74) is 0.402. The minimum Gasteiger partial charge on any atom is -0.379 e. The van der Waals surface area contributed by atoms with E-state index >= 15 is 0 Å². The number of nitrogens with one attached hydrogen (secondary N) is 1. The van der Waals surface area contributed by atoms with E-state index in [2.05, 4.69) is 5.32 Å². The van der Waals surface area contributed by atoms with Crippen LogP contribution >= 0.6 is 0 Å². The second-order valence-electron chi connectivity index (χ2n) is 6.39. The van der Waals surface area contributed by atoms with E-state index < -0.39 is 25.8 Å². The number of benzene rings is 2. The average Bonchev–Trinajstić information content (AvgIpc) is 2.74. The first-order valence-corrected chi connectivity index (χ1v) is 12.2. The molecular formula is C19H22N2O6S2. The molecule has 2 aromatic rings. The van der Waals surface area contributed by atoms with Crippen LogP contribution in [0.25, 0.3) is 0 Å². The molecule has 0 aromatic heterocycles. The Kier molecular flexibility index (Phi) is 6.37. The van der Waals surface area contributed by atoms with Crippen molar-refractivity contribution in [3.63, 3.8) is 0 Å². The maximum Gasteiger partial charge on any atom is 0.255 e. The molecule has 156 valence electrons. The maximum atomic E-state index is 12.7. The van der Waals surface area contributed by atoms with Crippen LogP contribution in [0.5, 0.6) is 0 Å². The average molecular weight is 439 g/mol. The van der Waals surface area contributed by atoms with Gasteiger partial charge in [-0.2, -0.15) is 4.31 Å². The van der Waals surface area contributed by atoms with Crippen molar-refractivity contribution in [2.75, 3.05) is 37.4 Å². The molecule has 0 aliphatic carbocycles. The van der Waals surface area contributed by atoms with Crippen LogP contribution in [-0.4, -0.2) is 59.1 Å². The molecule has 8 nitrogen and oxygen atoms in total. The minimum absolute atomic E-state index is 0.0439. The fourth-order valence-electron chi connectivity index (χ4n) is 2.91. The van der Waals surface area contributed by atoms with Gasteiger partial charge in [-0.05, 0) is 36.4 Å². The van der Waals surface area contributed by atoms with Gasteiger partial charge < -0.3 is 10.1 Å². The number of rotatable bonds is 6. The molecule has 1 amide bonds. The lowest BCUT2D eigenvalue weighted by Crippen LogP contribution is -2.40. The van der Waals surface area contributed by atoms with Crippen LogP contribution in [0, 0.1) is 0 Å². The molecule has 1 N–H and O–H groups in total. The van der Waals surface area contributed by atoms with Crippen LogP contribution in [0.1, 0.15) is 17.3 Å². The first kappa shape index (κ1) is 21.4. The molecule has 10 heteroatoms. The number of anilines is 1. The number of carbonyl (C=O) groups excluding carboxylic acids is 1. The van der Waals surface area contributed by atoms with Crippen LogP contribution < -0.4 is 5.32 Å². The number of nitrogens with zero attached hydrogens (tertiary/aromatic N) is 1. The van der Waals surface area contributed by atoms with Gasteiger partial charge in [0.2, 0.25) is 10.0 Å². The summed E-state index contributed by atoms with van der Waals surface area (Å²) in [5.74, 6) is -0.618. The maximum absolute atomic E-state index is 12.7. The lowest BCUT2D eigenvalue weighted by atomic mass is 10.2. The Labute approximate surface area is 170 Å². The van der Waals surface area contributed by atoms with Crippen LogP contribution in [0.3, 0.4) is 0 Å². The number of morpholine rings is 1. The van der Waals surface area contributed by atoms with E-state index in [9.17, 15) is 21.6 Å². The highest BCUT2D eigenvalue weighted by Crippen LogP contribution is 2.23. The molecule has 1 fully saturated rings. The topological polar surface area (TPSA) is 110 Å². The van der Waals surface area contributed by atoms with Crippen molar-refractivity contribution in [3.8, 4) is 0 Å². The van der Waals surface area contributed by atoms with Gasteiger partial charge in [0.15, 0.2) is 9.84 Å². The monoisotopic (exact) mass is 438 g/mol. The van der Waals surface area contributed by atoms with Crippen molar-refractivity contribution in [2.45, 2.75) is 16.7 Å². The van der Waals surface area contributed by atoms with Gasteiger partial charge in [0.1, 0.15) is 0 Å². The minimum atomic E-state index is -3.65. The van der Waals surface area contributed by atoms with Crippen molar-refractivity contribution >= 4 is 31.5 Å². The number of carbonyl (C=O) groups is 1. The molecule has 0 atom stereocenters. The van der Waals surface area contributed by atoms with Gasteiger partial charge >= 0.3 is 0 Å². The third kappa shape index (κ3) is 4.67. The number of hydrogen-bond acceptors (Lipinski definition) is 6. The number of sulfonamides is 1. The van der Waals surface area contributed by atoms with Crippen molar-refractivity contribution < 1.29 is 26.4 Å². The second-order valence-corrected chi connectivity index (χ2v) is 10.6. The number of amides is 1. The largest absolute Gasteiger partial charge is 0.379 e. The van der Waals surface area contributed by atoms with Gasteiger partial charge in [-0.25, -0.2) is 16.8 Å². The SMILES string of the molecule is CCS(=O)(=O)c1ccccc1NC(=O)c1ccc(S(=O)(=O)N2CCOCC2)cc1. The van der Waals surface area contributed by atoms with Gasteiger partial charge in [-0.1, -0.05) is 19.1 Å². The summed E-state index contributed by atoms with van der Waals surface area (Å²) in [6, 6.07) is 11.7. The fourth-order valence-corrected chi connectivity index (χ4v) is 5.36. The van der Waals surface area contributed by atoms with Gasteiger partial charge in [-0.15, -0.1) is 0 Å². The summed E-state index contributed by atoms with van der Waals surface area (Å²) < 4.78 is 56.3. The number of sulfone groups is 1. The summed E-state index contributed by atoms with van der Waals surface area (Å²) in [7, 11) is -7.16. The van der Waals surface area contributed by atoms with Crippen molar-refractivity contribution in [2.24, 2.45) is 0 Å². The van der Waals surface area contributed by atoms with E-state index in [4.69, 9.17) is 4.74 Å².